The van der Waals surface area contributed by atoms with Crippen LogP contribution in [0.5, 0.6) is 5.75 Å². The van der Waals surface area contributed by atoms with Crippen molar-refractivity contribution in [3.63, 3.8) is 0 Å². The van der Waals surface area contributed by atoms with Gasteiger partial charge in [0.2, 0.25) is 0 Å². The van der Waals surface area contributed by atoms with Gasteiger partial charge in [-0.05, 0) is 32.4 Å². The predicted octanol–water partition coefficient (Wildman–Crippen LogP) is 3.62. The van der Waals surface area contributed by atoms with Crippen LogP contribution in [0.25, 0.3) is 11.1 Å². The van der Waals surface area contributed by atoms with E-state index in [9.17, 15) is 0 Å². The SMILES string of the molecule is COc1ccccc1-c1c(C)[nH]c(C)c1C. The highest BCUT2D eigenvalue weighted by Crippen LogP contribution is 2.35. The highest BCUT2D eigenvalue weighted by Gasteiger charge is 2.13. The van der Waals surface area contributed by atoms with Crippen LogP contribution >= 0.6 is 0 Å². The fraction of sp³-hybridized carbons (Fsp3) is 0.286. The largest absolute Gasteiger partial charge is 0.496 e. The predicted molar refractivity (Wildman–Crippen MR) is 67.0 cm³/mol. The molecule has 2 heteroatoms. The van der Waals surface area contributed by atoms with E-state index in [-0.39, 0.29) is 0 Å². The standard InChI is InChI=1S/C14H17NO/c1-9-10(2)15-11(3)14(9)12-7-5-6-8-13(12)16-4/h5-8,15H,1-4H3. The van der Waals surface area contributed by atoms with Gasteiger partial charge >= 0.3 is 0 Å². The molecule has 0 fully saturated rings. The van der Waals surface area contributed by atoms with Gasteiger partial charge in [-0.15, -0.1) is 0 Å². The third-order valence-corrected chi connectivity index (χ3v) is 3.06. The van der Waals surface area contributed by atoms with Crippen LogP contribution in [0.15, 0.2) is 24.3 Å². The normalized spacial score (nSPS) is 10.5. The minimum atomic E-state index is 0.924. The van der Waals surface area contributed by atoms with Crippen molar-refractivity contribution in [2.45, 2.75) is 20.8 Å². The number of methoxy groups -OCH3 is 1. The molecule has 0 atom stereocenters. The summed E-state index contributed by atoms with van der Waals surface area (Å²) in [6, 6.07) is 8.13. The van der Waals surface area contributed by atoms with Crippen LogP contribution in [0.4, 0.5) is 0 Å². The summed E-state index contributed by atoms with van der Waals surface area (Å²) >= 11 is 0. The maximum absolute atomic E-state index is 5.41. The van der Waals surface area contributed by atoms with Crippen LogP contribution in [-0.2, 0) is 0 Å². The molecule has 0 aliphatic heterocycles. The van der Waals surface area contributed by atoms with Crippen molar-refractivity contribution in [1.82, 2.24) is 4.98 Å². The average molecular weight is 215 g/mol. The van der Waals surface area contributed by atoms with Gasteiger partial charge < -0.3 is 9.72 Å². The van der Waals surface area contributed by atoms with Crippen molar-refractivity contribution in [2.75, 3.05) is 7.11 Å². The lowest BCUT2D eigenvalue weighted by Crippen LogP contribution is -1.89. The summed E-state index contributed by atoms with van der Waals surface area (Å²) in [6.07, 6.45) is 0. The van der Waals surface area contributed by atoms with Gasteiger partial charge in [0.05, 0.1) is 7.11 Å². The average Bonchev–Trinajstić information content (AvgIpc) is 2.53. The lowest BCUT2D eigenvalue weighted by atomic mass is 10.0. The Bertz CT molecular complexity index is 511. The Labute approximate surface area is 96.3 Å². The lowest BCUT2D eigenvalue weighted by Gasteiger charge is -2.09. The van der Waals surface area contributed by atoms with E-state index in [1.54, 1.807) is 7.11 Å². The summed E-state index contributed by atoms with van der Waals surface area (Å²) in [7, 11) is 1.71. The van der Waals surface area contributed by atoms with Gasteiger partial charge in [0.25, 0.3) is 0 Å². The summed E-state index contributed by atoms with van der Waals surface area (Å²) < 4.78 is 5.41. The van der Waals surface area contributed by atoms with E-state index in [0.717, 1.165) is 11.3 Å². The molecule has 2 nitrogen and oxygen atoms in total. The molecule has 1 aromatic heterocycles. The number of ether oxygens (including phenoxy) is 1. The van der Waals surface area contributed by atoms with E-state index in [2.05, 4.69) is 31.8 Å². The van der Waals surface area contributed by atoms with Crippen molar-refractivity contribution in [3.8, 4) is 16.9 Å². The summed E-state index contributed by atoms with van der Waals surface area (Å²) in [4.78, 5) is 3.37. The summed E-state index contributed by atoms with van der Waals surface area (Å²) in [5.74, 6) is 0.924. The maximum atomic E-state index is 5.41. The lowest BCUT2D eigenvalue weighted by molar-refractivity contribution is 0.416. The molecule has 0 radical (unpaired) electrons. The fourth-order valence-electron chi connectivity index (χ4n) is 2.16. The highest BCUT2D eigenvalue weighted by molar-refractivity contribution is 5.76. The zero-order valence-electron chi connectivity index (χ0n) is 10.2. The van der Waals surface area contributed by atoms with Gasteiger partial charge in [0.15, 0.2) is 0 Å². The number of hydrogen-bond acceptors (Lipinski definition) is 1. The van der Waals surface area contributed by atoms with Crippen LogP contribution in [0.2, 0.25) is 0 Å². The summed E-state index contributed by atoms with van der Waals surface area (Å²) in [5, 5.41) is 0. The van der Waals surface area contributed by atoms with Gasteiger partial charge in [-0.3, -0.25) is 0 Å². The maximum Gasteiger partial charge on any atom is 0.126 e. The molecule has 16 heavy (non-hydrogen) atoms. The molecule has 0 aliphatic rings. The van der Waals surface area contributed by atoms with Crippen molar-refractivity contribution in [3.05, 3.63) is 41.2 Å². The molecular weight excluding hydrogens is 198 g/mol. The van der Waals surface area contributed by atoms with Crippen molar-refractivity contribution < 1.29 is 4.74 Å². The van der Waals surface area contributed by atoms with E-state index < -0.39 is 0 Å². The number of benzene rings is 1. The Morgan fingerprint density at radius 3 is 2.25 bits per heavy atom. The molecule has 0 bridgehead atoms. The first-order valence-electron chi connectivity index (χ1n) is 5.44. The molecule has 0 saturated heterocycles. The molecular formula is C14H17NO. The third kappa shape index (κ3) is 1.60. The van der Waals surface area contributed by atoms with E-state index in [1.807, 2.05) is 18.2 Å². The smallest absolute Gasteiger partial charge is 0.126 e. The number of nitrogens with one attached hydrogen (secondary N) is 1. The van der Waals surface area contributed by atoms with Gasteiger partial charge in [-0.2, -0.15) is 0 Å². The Kier molecular flexibility index (Phi) is 2.73. The molecule has 0 spiro atoms. The number of rotatable bonds is 2. The van der Waals surface area contributed by atoms with Crippen molar-refractivity contribution in [2.24, 2.45) is 0 Å². The zero-order valence-corrected chi connectivity index (χ0v) is 10.2. The fourth-order valence-corrected chi connectivity index (χ4v) is 2.16. The summed E-state index contributed by atoms with van der Waals surface area (Å²) in [6.45, 7) is 6.34. The molecule has 2 aromatic rings. The molecule has 1 N–H and O–H groups in total. The molecule has 1 heterocycles. The van der Waals surface area contributed by atoms with Gasteiger partial charge in [0, 0.05) is 22.5 Å². The number of hydrogen-bond donors (Lipinski definition) is 1. The molecule has 1 aromatic carbocycles. The molecule has 0 saturated carbocycles. The number of aromatic amines is 1. The summed E-state index contributed by atoms with van der Waals surface area (Å²) in [5.41, 5.74) is 6.12. The van der Waals surface area contributed by atoms with Gasteiger partial charge in [0.1, 0.15) is 5.75 Å². The molecule has 0 aliphatic carbocycles. The number of para-hydroxylation sites is 1. The van der Waals surface area contributed by atoms with Crippen molar-refractivity contribution in [1.29, 1.82) is 0 Å². The minimum Gasteiger partial charge on any atom is -0.496 e. The Morgan fingerprint density at radius 1 is 1.00 bits per heavy atom. The molecule has 0 amide bonds. The van der Waals surface area contributed by atoms with Crippen LogP contribution in [0.1, 0.15) is 17.0 Å². The Balaban J connectivity index is 2.67. The first kappa shape index (κ1) is 10.8. The second-order valence-corrected chi connectivity index (χ2v) is 4.08. The van der Waals surface area contributed by atoms with Gasteiger partial charge in [-0.1, -0.05) is 18.2 Å². The third-order valence-electron chi connectivity index (χ3n) is 3.06. The first-order valence-corrected chi connectivity index (χ1v) is 5.44. The molecule has 2 rings (SSSR count). The van der Waals surface area contributed by atoms with Crippen LogP contribution in [-0.4, -0.2) is 12.1 Å². The highest BCUT2D eigenvalue weighted by atomic mass is 16.5. The second-order valence-electron chi connectivity index (χ2n) is 4.08. The topological polar surface area (TPSA) is 25.0 Å². The quantitative estimate of drug-likeness (QED) is 0.813. The number of aromatic nitrogens is 1. The monoisotopic (exact) mass is 215 g/mol. The minimum absolute atomic E-state index is 0.924. The van der Waals surface area contributed by atoms with Crippen LogP contribution in [0, 0.1) is 20.8 Å². The van der Waals surface area contributed by atoms with E-state index in [1.165, 1.54) is 22.5 Å². The second kappa shape index (κ2) is 4.05. The Morgan fingerprint density at radius 2 is 1.69 bits per heavy atom. The number of H-pyrrole nitrogens is 1. The van der Waals surface area contributed by atoms with E-state index in [4.69, 9.17) is 4.74 Å². The van der Waals surface area contributed by atoms with Gasteiger partial charge in [-0.25, -0.2) is 0 Å². The Hall–Kier alpha value is -1.70. The van der Waals surface area contributed by atoms with Crippen LogP contribution in [0.3, 0.4) is 0 Å². The zero-order chi connectivity index (χ0) is 11.7. The molecule has 0 unspecified atom stereocenters. The van der Waals surface area contributed by atoms with E-state index in [0.29, 0.717) is 0 Å². The molecule has 84 valence electrons. The first-order chi connectivity index (χ1) is 7.65. The number of aryl methyl sites for hydroxylation is 2. The van der Waals surface area contributed by atoms with Crippen molar-refractivity contribution >= 4 is 0 Å². The van der Waals surface area contributed by atoms with Crippen LogP contribution < -0.4 is 4.74 Å². The van der Waals surface area contributed by atoms with E-state index >= 15 is 0 Å².